The van der Waals surface area contributed by atoms with Crippen LogP contribution in [0.15, 0.2) is 36.5 Å². The fraction of sp³-hybridized carbons (Fsp3) is 0.217. The summed E-state index contributed by atoms with van der Waals surface area (Å²) in [5, 5.41) is 24.3. The number of alkyl halides is 7. The van der Waals surface area contributed by atoms with Gasteiger partial charge < -0.3 is 11.1 Å². The van der Waals surface area contributed by atoms with Gasteiger partial charge in [-0.25, -0.2) is 14.1 Å². The van der Waals surface area contributed by atoms with E-state index in [0.717, 1.165) is 16.8 Å². The summed E-state index contributed by atoms with van der Waals surface area (Å²) in [4.78, 5) is 29.7. The third-order valence-corrected chi connectivity index (χ3v) is 6.04. The van der Waals surface area contributed by atoms with Gasteiger partial charge in [0.25, 0.3) is 11.8 Å². The van der Waals surface area contributed by atoms with Crippen LogP contribution in [0.2, 0.25) is 5.02 Å². The fourth-order valence-electron chi connectivity index (χ4n) is 3.76. The van der Waals surface area contributed by atoms with E-state index in [4.69, 9.17) is 17.3 Å². The second kappa shape index (κ2) is 10.9. The molecule has 0 fully saturated rings. The van der Waals surface area contributed by atoms with Crippen LogP contribution >= 0.6 is 11.6 Å². The van der Waals surface area contributed by atoms with E-state index in [-0.39, 0.29) is 49.4 Å². The highest BCUT2D eigenvalue weighted by atomic mass is 35.5. The van der Waals surface area contributed by atoms with E-state index in [2.05, 4.69) is 30.8 Å². The number of carbonyl (C=O) groups is 2. The Kier molecular flexibility index (Phi) is 7.84. The van der Waals surface area contributed by atoms with Gasteiger partial charge in [0.15, 0.2) is 5.82 Å². The van der Waals surface area contributed by atoms with E-state index in [1.165, 1.54) is 31.3 Å². The highest BCUT2D eigenvalue weighted by Crippen LogP contribution is 2.51. The van der Waals surface area contributed by atoms with Crippen LogP contribution in [0.5, 0.6) is 0 Å². The Bertz CT molecular complexity index is 1760. The van der Waals surface area contributed by atoms with Gasteiger partial charge in [0.1, 0.15) is 12.2 Å². The molecule has 3 N–H and O–H groups in total. The maximum absolute atomic E-state index is 14.3. The summed E-state index contributed by atoms with van der Waals surface area (Å²) < 4.78 is 93.7. The Balaban J connectivity index is 1.76. The zero-order chi connectivity index (χ0) is 31.9. The first kappa shape index (κ1) is 30.8. The van der Waals surface area contributed by atoms with Gasteiger partial charge in [-0.3, -0.25) is 9.59 Å². The Morgan fingerprint density at radius 3 is 2.35 bits per heavy atom. The Hall–Kier alpha value is -5.12. The molecule has 0 radical (unpaired) electrons. The fourth-order valence-corrected chi connectivity index (χ4v) is 3.96. The summed E-state index contributed by atoms with van der Waals surface area (Å²) in [5.74, 6) is -4.38. The number of primary amides is 1. The van der Waals surface area contributed by atoms with Crippen LogP contribution in [0.3, 0.4) is 0 Å². The van der Waals surface area contributed by atoms with Crippen molar-refractivity contribution in [2.24, 2.45) is 5.73 Å². The van der Waals surface area contributed by atoms with E-state index >= 15 is 0 Å². The van der Waals surface area contributed by atoms with Gasteiger partial charge in [0, 0.05) is 6.20 Å². The molecule has 0 bridgehead atoms. The number of aromatic nitrogens is 7. The van der Waals surface area contributed by atoms with Gasteiger partial charge in [-0.2, -0.15) is 41.5 Å². The molecule has 43 heavy (non-hydrogen) atoms. The zero-order valence-electron chi connectivity index (χ0n) is 21.2. The molecule has 224 valence electrons. The quantitative estimate of drug-likeness (QED) is 0.291. The van der Waals surface area contributed by atoms with Gasteiger partial charge in [-0.05, 0) is 48.0 Å². The molecule has 4 rings (SSSR count). The molecule has 2 amide bonds. The lowest BCUT2D eigenvalue weighted by Crippen LogP contribution is -2.51. The maximum Gasteiger partial charge on any atom is 0.439 e. The van der Waals surface area contributed by atoms with Crippen LogP contribution in [0.25, 0.3) is 5.82 Å². The number of nitrogens with two attached hydrogens (primary N) is 1. The number of amides is 2. The van der Waals surface area contributed by atoms with Crippen molar-refractivity contribution in [3.8, 4) is 11.9 Å². The average molecular weight is 631 g/mol. The molecule has 0 saturated carbocycles. The van der Waals surface area contributed by atoms with Crippen LogP contribution in [0, 0.1) is 18.3 Å². The van der Waals surface area contributed by atoms with Crippen LogP contribution < -0.4 is 11.1 Å². The number of nitrogens with one attached hydrogen (secondary N) is 1. The number of carbonyl (C=O) groups excluding carboxylic acids is 2. The molecular formula is C23H14ClF7N10O2. The monoisotopic (exact) mass is 630 g/mol. The molecule has 12 nitrogen and oxygen atoms in total. The number of pyridine rings is 1. The summed E-state index contributed by atoms with van der Waals surface area (Å²) >= 11 is 6.19. The first-order valence-electron chi connectivity index (χ1n) is 11.4. The molecule has 0 unspecified atom stereocenters. The number of hydrogen-bond acceptors (Lipinski definition) is 8. The molecule has 20 heteroatoms. The second-order valence-electron chi connectivity index (χ2n) is 8.68. The topological polar surface area (TPSA) is 170 Å². The summed E-state index contributed by atoms with van der Waals surface area (Å²) in [6, 6.07) is 8.20. The van der Waals surface area contributed by atoms with Crippen molar-refractivity contribution < 1.29 is 40.3 Å². The van der Waals surface area contributed by atoms with E-state index < -0.39 is 42.2 Å². The number of aryl methyl sites for hydroxylation is 1. The number of halogens is 8. The first-order chi connectivity index (χ1) is 20.0. The van der Waals surface area contributed by atoms with Crippen LogP contribution in [0.4, 0.5) is 36.4 Å². The molecule has 0 atom stereocenters. The largest absolute Gasteiger partial charge is 0.439 e. The molecule has 4 aromatic rings. The van der Waals surface area contributed by atoms with E-state index in [1.54, 1.807) is 0 Å². The highest BCUT2D eigenvalue weighted by Gasteiger charge is 2.76. The number of rotatable bonds is 7. The smallest absolute Gasteiger partial charge is 0.366 e. The maximum atomic E-state index is 14.3. The van der Waals surface area contributed by atoms with Crippen LogP contribution in [-0.4, -0.2) is 59.1 Å². The van der Waals surface area contributed by atoms with Crippen molar-refractivity contribution in [3.05, 3.63) is 75.5 Å². The normalized spacial score (nSPS) is 12.2. The van der Waals surface area contributed by atoms with Gasteiger partial charge in [0.05, 0.1) is 33.6 Å². The van der Waals surface area contributed by atoms with Gasteiger partial charge in [-0.15, -0.1) is 10.2 Å². The Morgan fingerprint density at radius 1 is 1.09 bits per heavy atom. The number of nitrogens with zero attached hydrogens (tertiary/aromatic N) is 8. The summed E-state index contributed by atoms with van der Waals surface area (Å²) in [6.07, 6.45) is -11.6. The molecule has 1 aromatic carbocycles. The van der Waals surface area contributed by atoms with E-state index in [0.29, 0.717) is 0 Å². The number of tetrazole rings is 1. The zero-order valence-corrected chi connectivity index (χ0v) is 21.9. The summed E-state index contributed by atoms with van der Waals surface area (Å²) in [5.41, 5.74) is -1.04. The Morgan fingerprint density at radius 2 is 1.77 bits per heavy atom. The van der Waals surface area contributed by atoms with Crippen molar-refractivity contribution in [1.29, 1.82) is 5.26 Å². The molecule has 0 spiro atoms. The lowest BCUT2D eigenvalue weighted by Gasteiger charge is -2.26. The Labute approximate surface area is 239 Å². The molecule has 0 aliphatic carbocycles. The molecule has 0 saturated heterocycles. The number of anilines is 1. The minimum atomic E-state index is -6.46. The molecule has 0 aliphatic rings. The lowest BCUT2D eigenvalue weighted by atomic mass is 10.0. The number of hydrogen-bond donors (Lipinski definition) is 2. The van der Waals surface area contributed by atoms with Gasteiger partial charge in [0.2, 0.25) is 5.82 Å². The molecule has 3 heterocycles. The standard InChI is InChI=1S/C23H14ClF7N10O2/c1-10-5-11(8-32)6-13(17(33)42)16(10)35-19(43)15-7-12(37-41(15)18-14(24)3-2-4-34-18)9-40-38-20(36-39-40)21(25,22(26,27)28)23(29,30)31/h2-7H,9H2,1H3,(H2,33,42)(H,35,43). The molecular weight excluding hydrogens is 617 g/mol. The van der Waals surface area contributed by atoms with Gasteiger partial charge >= 0.3 is 18.0 Å². The summed E-state index contributed by atoms with van der Waals surface area (Å²) in [7, 11) is 0. The highest BCUT2D eigenvalue weighted by molar-refractivity contribution is 6.32. The van der Waals surface area contributed by atoms with Crippen molar-refractivity contribution in [2.75, 3.05) is 5.32 Å². The first-order valence-corrected chi connectivity index (χ1v) is 11.8. The number of nitriles is 1. The van der Waals surface area contributed by atoms with Crippen molar-refractivity contribution >= 4 is 29.1 Å². The van der Waals surface area contributed by atoms with Crippen molar-refractivity contribution in [3.63, 3.8) is 0 Å². The third kappa shape index (κ3) is 5.68. The third-order valence-electron chi connectivity index (χ3n) is 5.75. The van der Waals surface area contributed by atoms with E-state index in [1.807, 2.05) is 6.07 Å². The van der Waals surface area contributed by atoms with Crippen LogP contribution in [-0.2, 0) is 12.2 Å². The van der Waals surface area contributed by atoms with Crippen molar-refractivity contribution in [2.45, 2.75) is 31.5 Å². The van der Waals surface area contributed by atoms with E-state index in [9.17, 15) is 45.6 Å². The second-order valence-corrected chi connectivity index (χ2v) is 9.09. The predicted molar refractivity (Wildman–Crippen MR) is 131 cm³/mol. The SMILES string of the molecule is Cc1cc(C#N)cc(C(N)=O)c1NC(=O)c1cc(Cn2nnc(C(F)(C(F)(F)F)C(F)(F)F)n2)nn1-c1ncccc1Cl. The molecule has 0 aliphatic heterocycles. The minimum absolute atomic E-state index is 0.0303. The average Bonchev–Trinajstić information content (AvgIpc) is 3.55. The van der Waals surface area contributed by atoms with Crippen LogP contribution in [0.1, 0.15) is 43.5 Å². The minimum Gasteiger partial charge on any atom is -0.366 e. The van der Waals surface area contributed by atoms with Crippen molar-refractivity contribution in [1.82, 2.24) is 35.0 Å². The molecule has 3 aromatic heterocycles. The lowest BCUT2D eigenvalue weighted by molar-refractivity contribution is -0.351. The summed E-state index contributed by atoms with van der Waals surface area (Å²) in [6.45, 7) is 0.682. The van der Waals surface area contributed by atoms with Gasteiger partial charge in [-0.1, -0.05) is 11.6 Å². The number of benzene rings is 1. The predicted octanol–water partition coefficient (Wildman–Crippen LogP) is 3.78.